The Kier molecular flexibility index (Phi) is 11.3. The van der Waals surface area contributed by atoms with E-state index in [1.54, 1.807) is 58.0 Å². The summed E-state index contributed by atoms with van der Waals surface area (Å²) < 4.78 is 27.9. The first-order valence-electron chi connectivity index (χ1n) is 19.9. The summed E-state index contributed by atoms with van der Waals surface area (Å²) in [6.07, 6.45) is -0.888. The second-order valence-electron chi connectivity index (χ2n) is 15.9. The highest BCUT2D eigenvalue weighted by atomic mass is 19.1. The van der Waals surface area contributed by atoms with Crippen LogP contribution in [0.5, 0.6) is 0 Å². The zero-order valence-corrected chi connectivity index (χ0v) is 34.2. The number of alkyl carbamates (subject to hydrolysis) is 1. The molecule has 60 heavy (non-hydrogen) atoms. The number of fused-ring (bicyclic) bond motifs is 5. The Bertz CT molecular complexity index is 2520. The number of cyclic esters (lactones) is 1. The molecular formula is C43H48FN7O9. The molecule has 0 saturated carbocycles. The summed E-state index contributed by atoms with van der Waals surface area (Å²) in [5.74, 6) is -2.84. The van der Waals surface area contributed by atoms with Gasteiger partial charge in [-0.3, -0.25) is 19.2 Å². The number of pyridine rings is 2. The highest BCUT2D eigenvalue weighted by Crippen LogP contribution is 2.46. The van der Waals surface area contributed by atoms with Crippen molar-refractivity contribution in [2.24, 2.45) is 11.7 Å². The van der Waals surface area contributed by atoms with Crippen molar-refractivity contribution in [1.82, 2.24) is 25.5 Å². The molecule has 0 radical (unpaired) electrons. The average Bonchev–Trinajstić information content (AvgIpc) is 3.58. The molecule has 4 amide bonds. The second-order valence-corrected chi connectivity index (χ2v) is 15.9. The lowest BCUT2D eigenvalue weighted by atomic mass is 9.81. The number of nitrogens with zero attached hydrogens (tertiary/aromatic N) is 2. The van der Waals surface area contributed by atoms with Crippen LogP contribution in [-0.2, 0) is 53.8 Å². The summed E-state index contributed by atoms with van der Waals surface area (Å²) in [5.41, 5.74) is 8.45. The highest BCUT2D eigenvalue weighted by molar-refractivity contribution is 5.98. The predicted molar refractivity (Wildman–Crippen MR) is 217 cm³/mol. The van der Waals surface area contributed by atoms with Crippen LogP contribution in [0.25, 0.3) is 22.3 Å². The van der Waals surface area contributed by atoms with Gasteiger partial charge >= 0.3 is 12.1 Å². The number of aliphatic hydroxyl groups is 1. The van der Waals surface area contributed by atoms with Gasteiger partial charge in [0.15, 0.2) is 5.60 Å². The van der Waals surface area contributed by atoms with Crippen molar-refractivity contribution in [3.05, 3.63) is 91.5 Å². The fourth-order valence-electron chi connectivity index (χ4n) is 8.41. The van der Waals surface area contributed by atoms with Crippen LogP contribution in [0.4, 0.5) is 14.9 Å². The van der Waals surface area contributed by atoms with Gasteiger partial charge in [-0.2, -0.15) is 0 Å². The Hall–Kier alpha value is -6.20. The molecule has 2 aromatic heterocycles. The van der Waals surface area contributed by atoms with E-state index in [1.807, 2.05) is 0 Å². The number of carbonyl (C=O) groups is 5. The van der Waals surface area contributed by atoms with E-state index in [0.29, 0.717) is 63.1 Å². The van der Waals surface area contributed by atoms with Crippen molar-refractivity contribution in [2.75, 3.05) is 11.9 Å². The maximum atomic E-state index is 15.4. The van der Waals surface area contributed by atoms with Gasteiger partial charge in [0.25, 0.3) is 5.56 Å². The lowest BCUT2D eigenvalue weighted by Gasteiger charge is -2.31. The first-order valence-corrected chi connectivity index (χ1v) is 19.9. The molecule has 17 heteroatoms. The topological polar surface area (TPSA) is 233 Å². The van der Waals surface area contributed by atoms with Crippen LogP contribution in [0.2, 0.25) is 0 Å². The molecular weight excluding hydrogens is 778 g/mol. The van der Waals surface area contributed by atoms with Gasteiger partial charge < -0.3 is 46.1 Å². The summed E-state index contributed by atoms with van der Waals surface area (Å²) in [6, 6.07) is 7.07. The van der Waals surface area contributed by atoms with Crippen LogP contribution >= 0.6 is 0 Å². The molecule has 1 unspecified atom stereocenters. The van der Waals surface area contributed by atoms with Gasteiger partial charge in [0, 0.05) is 41.7 Å². The van der Waals surface area contributed by atoms with Crippen molar-refractivity contribution >= 4 is 46.4 Å². The van der Waals surface area contributed by atoms with E-state index >= 15 is 4.39 Å². The fourth-order valence-corrected chi connectivity index (χ4v) is 8.41. The number of ether oxygens (including phenoxy) is 2. The minimum absolute atomic E-state index is 0.0281. The number of anilines is 1. The van der Waals surface area contributed by atoms with Crippen molar-refractivity contribution in [2.45, 2.75) is 104 Å². The molecule has 16 nitrogen and oxygen atoms in total. The van der Waals surface area contributed by atoms with Gasteiger partial charge in [-0.05, 0) is 79.5 Å². The summed E-state index contributed by atoms with van der Waals surface area (Å²) >= 11 is 0. The van der Waals surface area contributed by atoms with E-state index in [1.165, 1.54) is 24.5 Å². The molecule has 2 aromatic carbocycles. The van der Waals surface area contributed by atoms with E-state index in [4.69, 9.17) is 20.2 Å². The van der Waals surface area contributed by atoms with Gasteiger partial charge in [0.2, 0.25) is 17.7 Å². The van der Waals surface area contributed by atoms with Gasteiger partial charge in [0.1, 0.15) is 30.6 Å². The van der Waals surface area contributed by atoms with Crippen LogP contribution in [0.3, 0.4) is 0 Å². The summed E-state index contributed by atoms with van der Waals surface area (Å²) in [5, 5.41) is 23.0. The quantitative estimate of drug-likeness (QED) is 0.105. The smallest absolute Gasteiger partial charge is 0.408 e. The largest absolute Gasteiger partial charge is 0.458 e. The van der Waals surface area contributed by atoms with Crippen LogP contribution in [-0.4, -0.2) is 63.1 Å². The lowest BCUT2D eigenvalue weighted by molar-refractivity contribution is -0.172. The number of amides is 4. The number of esters is 1. The van der Waals surface area contributed by atoms with E-state index in [2.05, 4.69) is 21.3 Å². The molecule has 4 heterocycles. The van der Waals surface area contributed by atoms with Gasteiger partial charge in [0.05, 0.1) is 35.1 Å². The summed E-state index contributed by atoms with van der Waals surface area (Å²) in [6.45, 7) is 9.41. The van der Waals surface area contributed by atoms with Gasteiger partial charge in [-0.15, -0.1) is 0 Å². The van der Waals surface area contributed by atoms with Crippen LogP contribution in [0.1, 0.15) is 98.6 Å². The van der Waals surface area contributed by atoms with E-state index in [-0.39, 0.29) is 49.1 Å². The standard InChI is InChI=1S/C43H48FN7O9/c1-7-43(58)28-14-32-37-26(17-51(32)40(55)27(28)18-59-41(43)56)35-30(13-12-25-20(4)29(44)15-31(49-37)34(25)35)50-42(57)60-33(16-45)23-8-10-24(11-9-23)48-38(53)21(5)46-39(54)36(19(2)3)47-22(6)52/h8-11,14-15,19,21,30,33,36,58H,7,12-13,16-18,45H2,1-6H3,(H,46,54)(H,47,52)(H,48,53)(H,50,57)/t21-,30-,33?,36-,43-/m0/s1. The Morgan fingerprint density at radius 1 is 1.07 bits per heavy atom. The SMILES string of the molecule is CC[C@@]1(O)C(=O)OCc2c1cc1n(c2=O)Cc2c-1nc1cc(F)c(C)c3c1c2[C@@H](NC(=O)OC(CN)c1ccc(NC(=O)[C@H](C)NC(=O)[C@@H](NC(C)=O)C(C)C)cc1)CC3. The second kappa shape index (κ2) is 16.1. The molecule has 0 saturated heterocycles. The van der Waals surface area contributed by atoms with Crippen LogP contribution < -0.4 is 32.6 Å². The number of halogens is 1. The zero-order chi connectivity index (χ0) is 43.4. The molecule has 316 valence electrons. The monoisotopic (exact) mass is 825 g/mol. The minimum Gasteiger partial charge on any atom is -0.458 e. The molecule has 3 aliphatic rings. The zero-order valence-electron chi connectivity index (χ0n) is 34.2. The number of nitrogens with one attached hydrogen (secondary N) is 4. The van der Waals surface area contributed by atoms with Crippen molar-refractivity contribution in [3.8, 4) is 11.4 Å². The average molecular weight is 826 g/mol. The summed E-state index contributed by atoms with van der Waals surface area (Å²) in [4.78, 5) is 82.5. The molecule has 0 bridgehead atoms. The Morgan fingerprint density at radius 3 is 2.43 bits per heavy atom. The third kappa shape index (κ3) is 7.36. The predicted octanol–water partition coefficient (Wildman–Crippen LogP) is 3.54. The first kappa shape index (κ1) is 41.9. The fraction of sp³-hybridized carbons (Fsp3) is 0.419. The minimum atomic E-state index is -2.03. The summed E-state index contributed by atoms with van der Waals surface area (Å²) in [7, 11) is 0. The number of carbonyl (C=O) groups excluding carboxylic acids is 5. The molecule has 5 atom stereocenters. The number of aromatic nitrogens is 2. The number of aryl methyl sites for hydroxylation is 1. The number of nitrogens with two attached hydrogens (primary N) is 1. The van der Waals surface area contributed by atoms with E-state index < -0.39 is 65.1 Å². The first-order chi connectivity index (χ1) is 28.5. The molecule has 7 rings (SSSR count). The number of hydrogen-bond acceptors (Lipinski definition) is 11. The highest BCUT2D eigenvalue weighted by Gasteiger charge is 2.46. The Balaban J connectivity index is 1.11. The third-order valence-electron chi connectivity index (χ3n) is 11.7. The normalized spacial score (nSPS) is 19.0. The molecule has 0 spiro atoms. The molecule has 1 aliphatic carbocycles. The molecule has 0 fully saturated rings. The van der Waals surface area contributed by atoms with E-state index in [9.17, 15) is 33.9 Å². The van der Waals surface area contributed by atoms with Crippen molar-refractivity contribution in [3.63, 3.8) is 0 Å². The lowest BCUT2D eigenvalue weighted by Crippen LogP contribution is -2.53. The van der Waals surface area contributed by atoms with Crippen molar-refractivity contribution in [1.29, 1.82) is 0 Å². The van der Waals surface area contributed by atoms with Gasteiger partial charge in [-0.1, -0.05) is 32.9 Å². The molecule has 4 aromatic rings. The number of benzene rings is 2. The molecule has 2 aliphatic heterocycles. The van der Waals surface area contributed by atoms with Gasteiger partial charge in [-0.25, -0.2) is 19.0 Å². The number of hydrogen-bond donors (Lipinski definition) is 6. The van der Waals surface area contributed by atoms with Crippen LogP contribution in [0, 0.1) is 18.7 Å². The molecule has 7 N–H and O–H groups in total. The maximum absolute atomic E-state index is 15.4. The number of rotatable bonds is 11. The maximum Gasteiger partial charge on any atom is 0.408 e. The van der Waals surface area contributed by atoms with E-state index in [0.717, 1.165) is 5.56 Å². The van der Waals surface area contributed by atoms with Crippen LogP contribution in [0.15, 0.2) is 41.2 Å². The Labute approximate surface area is 344 Å². The van der Waals surface area contributed by atoms with Crippen molar-refractivity contribution < 1.29 is 42.9 Å². The Morgan fingerprint density at radius 2 is 1.78 bits per heavy atom. The third-order valence-corrected chi connectivity index (χ3v) is 11.7.